The molecule has 0 amide bonds. The predicted molar refractivity (Wildman–Crippen MR) is 104 cm³/mol. The first-order valence-electron chi connectivity index (χ1n) is 7.44. The molecule has 0 saturated carbocycles. The van der Waals surface area contributed by atoms with E-state index >= 15 is 0 Å². The Morgan fingerprint density at radius 2 is 1.96 bits per heavy atom. The molecular weight excluding hydrogens is 407 g/mol. The molecule has 1 aromatic carbocycles. The van der Waals surface area contributed by atoms with Gasteiger partial charge in [0.15, 0.2) is 17.5 Å². The normalized spacial score (nSPS) is 15.0. The summed E-state index contributed by atoms with van der Waals surface area (Å²) in [5.74, 6) is 2.46. The minimum atomic E-state index is 0. The summed E-state index contributed by atoms with van der Waals surface area (Å²) >= 11 is 0. The standard InChI is InChI=1S/C16H26N4O2.HI/c1-19(2)13(11-18-16-17-8-9-20(16)3)12-6-7-14(21-4)15(10-12)22-5;/h6-7,10,13H,8-9,11H2,1-5H3,(H,17,18);1H. The molecule has 1 aliphatic heterocycles. The van der Waals surface area contributed by atoms with Crippen molar-refractivity contribution in [2.24, 2.45) is 4.99 Å². The van der Waals surface area contributed by atoms with Gasteiger partial charge in [0.25, 0.3) is 0 Å². The molecule has 0 bridgehead atoms. The van der Waals surface area contributed by atoms with Crippen molar-refractivity contribution in [1.29, 1.82) is 0 Å². The van der Waals surface area contributed by atoms with Crippen LogP contribution in [0.3, 0.4) is 0 Å². The van der Waals surface area contributed by atoms with Crippen molar-refractivity contribution in [3.63, 3.8) is 0 Å². The molecule has 1 aromatic rings. The van der Waals surface area contributed by atoms with Gasteiger partial charge in [-0.25, -0.2) is 0 Å². The summed E-state index contributed by atoms with van der Waals surface area (Å²) in [7, 11) is 9.51. The molecule has 1 heterocycles. The number of rotatable bonds is 6. The zero-order valence-electron chi connectivity index (χ0n) is 14.5. The third kappa shape index (κ3) is 4.87. The fraction of sp³-hybridized carbons (Fsp3) is 0.562. The Kier molecular flexibility index (Phi) is 7.90. The summed E-state index contributed by atoms with van der Waals surface area (Å²) in [5, 5.41) is 3.44. The molecule has 0 aromatic heterocycles. The van der Waals surface area contributed by atoms with Crippen LogP contribution in [0, 0.1) is 0 Å². The molecule has 0 spiro atoms. The van der Waals surface area contributed by atoms with Crippen LogP contribution in [0.2, 0.25) is 0 Å². The zero-order chi connectivity index (χ0) is 16.1. The number of guanidine groups is 1. The van der Waals surface area contributed by atoms with Gasteiger partial charge in [0.05, 0.1) is 26.8 Å². The summed E-state index contributed by atoms with van der Waals surface area (Å²) in [6.07, 6.45) is 0. The van der Waals surface area contributed by atoms with E-state index in [1.807, 2.05) is 12.1 Å². The third-order valence-electron chi connectivity index (χ3n) is 3.93. The lowest BCUT2D eigenvalue weighted by Gasteiger charge is -2.27. The Balaban J connectivity index is 0.00000264. The lowest BCUT2D eigenvalue weighted by molar-refractivity contribution is 0.294. The summed E-state index contributed by atoms with van der Waals surface area (Å²) in [6, 6.07) is 6.28. The maximum absolute atomic E-state index is 5.41. The van der Waals surface area contributed by atoms with Crippen molar-refractivity contribution in [3.05, 3.63) is 23.8 Å². The lowest BCUT2D eigenvalue weighted by atomic mass is 10.1. The van der Waals surface area contributed by atoms with Crippen LogP contribution >= 0.6 is 24.0 Å². The maximum atomic E-state index is 5.41. The summed E-state index contributed by atoms with van der Waals surface area (Å²) in [6.45, 7) is 2.62. The number of benzene rings is 1. The van der Waals surface area contributed by atoms with Gasteiger partial charge in [-0.3, -0.25) is 4.99 Å². The van der Waals surface area contributed by atoms with E-state index in [1.54, 1.807) is 14.2 Å². The Bertz CT molecular complexity index is 537. The number of methoxy groups -OCH3 is 2. The fourth-order valence-corrected chi connectivity index (χ4v) is 2.57. The second kappa shape index (κ2) is 9.17. The van der Waals surface area contributed by atoms with Crippen molar-refractivity contribution in [3.8, 4) is 11.5 Å². The van der Waals surface area contributed by atoms with Crippen LogP contribution in [-0.2, 0) is 0 Å². The Hall–Kier alpha value is -1.22. The van der Waals surface area contributed by atoms with Crippen LogP contribution in [0.25, 0.3) is 0 Å². The second-order valence-electron chi connectivity index (χ2n) is 5.60. The molecule has 0 saturated heterocycles. The highest BCUT2D eigenvalue weighted by atomic mass is 127. The Morgan fingerprint density at radius 1 is 1.26 bits per heavy atom. The van der Waals surface area contributed by atoms with E-state index in [0.29, 0.717) is 0 Å². The number of nitrogens with zero attached hydrogens (tertiary/aromatic N) is 3. The van der Waals surface area contributed by atoms with E-state index in [1.165, 1.54) is 5.56 Å². The average molecular weight is 434 g/mol. The molecule has 2 rings (SSSR count). The van der Waals surface area contributed by atoms with Gasteiger partial charge in [-0.15, -0.1) is 24.0 Å². The van der Waals surface area contributed by atoms with Crippen molar-refractivity contribution >= 4 is 29.9 Å². The molecule has 7 heteroatoms. The van der Waals surface area contributed by atoms with E-state index in [2.05, 4.69) is 47.3 Å². The fourth-order valence-electron chi connectivity index (χ4n) is 2.57. The molecule has 23 heavy (non-hydrogen) atoms. The van der Waals surface area contributed by atoms with E-state index in [-0.39, 0.29) is 30.0 Å². The van der Waals surface area contributed by atoms with Crippen molar-refractivity contribution < 1.29 is 9.47 Å². The smallest absolute Gasteiger partial charge is 0.193 e. The minimum Gasteiger partial charge on any atom is -0.493 e. The topological polar surface area (TPSA) is 49.3 Å². The molecule has 1 N–H and O–H groups in total. The van der Waals surface area contributed by atoms with Crippen LogP contribution in [0.5, 0.6) is 11.5 Å². The first-order chi connectivity index (χ1) is 10.6. The van der Waals surface area contributed by atoms with Gasteiger partial charge in [-0.2, -0.15) is 0 Å². The lowest BCUT2D eigenvalue weighted by Crippen LogP contribution is -2.40. The largest absolute Gasteiger partial charge is 0.493 e. The molecule has 0 fully saturated rings. The van der Waals surface area contributed by atoms with Crippen molar-refractivity contribution in [2.75, 3.05) is 55.0 Å². The number of likely N-dealkylation sites (N-methyl/N-ethyl adjacent to an activating group) is 2. The molecular formula is C16H27IN4O2. The van der Waals surface area contributed by atoms with Crippen LogP contribution in [0.1, 0.15) is 11.6 Å². The Labute approximate surface area is 155 Å². The van der Waals surface area contributed by atoms with Gasteiger partial charge in [0.2, 0.25) is 0 Å². The number of ether oxygens (including phenoxy) is 2. The summed E-state index contributed by atoms with van der Waals surface area (Å²) in [4.78, 5) is 8.80. The van der Waals surface area contributed by atoms with Crippen LogP contribution in [0.4, 0.5) is 0 Å². The van der Waals surface area contributed by atoms with E-state index in [4.69, 9.17) is 9.47 Å². The molecule has 0 aliphatic carbocycles. The average Bonchev–Trinajstić information content (AvgIpc) is 2.92. The van der Waals surface area contributed by atoms with E-state index in [9.17, 15) is 0 Å². The second-order valence-corrected chi connectivity index (χ2v) is 5.60. The number of hydrogen-bond acceptors (Lipinski definition) is 6. The highest BCUT2D eigenvalue weighted by molar-refractivity contribution is 14.0. The van der Waals surface area contributed by atoms with Gasteiger partial charge >= 0.3 is 0 Å². The molecule has 130 valence electrons. The van der Waals surface area contributed by atoms with Crippen molar-refractivity contribution in [2.45, 2.75) is 6.04 Å². The quantitative estimate of drug-likeness (QED) is 0.693. The molecule has 0 radical (unpaired) electrons. The van der Waals surface area contributed by atoms with E-state index < -0.39 is 0 Å². The summed E-state index contributed by atoms with van der Waals surface area (Å²) < 4.78 is 10.7. The first kappa shape index (κ1) is 19.8. The number of halogens is 1. The third-order valence-corrected chi connectivity index (χ3v) is 3.93. The van der Waals surface area contributed by atoms with Gasteiger partial charge in [-0.1, -0.05) is 6.07 Å². The summed E-state index contributed by atoms with van der Waals surface area (Å²) in [5.41, 5.74) is 1.18. The SMILES string of the molecule is COc1ccc(C(CNC2=NCCN2C)N(C)C)cc1OC.I. The molecule has 6 nitrogen and oxygen atoms in total. The Morgan fingerprint density at radius 3 is 2.48 bits per heavy atom. The maximum Gasteiger partial charge on any atom is 0.193 e. The van der Waals surface area contributed by atoms with Crippen LogP contribution < -0.4 is 14.8 Å². The highest BCUT2D eigenvalue weighted by Gasteiger charge is 2.19. The van der Waals surface area contributed by atoms with Gasteiger partial charge < -0.3 is 24.6 Å². The minimum absolute atomic E-state index is 0. The van der Waals surface area contributed by atoms with Crippen LogP contribution in [-0.4, -0.2) is 70.8 Å². The van der Waals surface area contributed by atoms with E-state index in [0.717, 1.165) is 37.1 Å². The van der Waals surface area contributed by atoms with Gasteiger partial charge in [-0.05, 0) is 31.8 Å². The number of aliphatic imine (C=N–C) groups is 1. The zero-order valence-corrected chi connectivity index (χ0v) is 16.8. The monoisotopic (exact) mass is 434 g/mol. The van der Waals surface area contributed by atoms with Gasteiger partial charge in [0.1, 0.15) is 0 Å². The molecule has 1 aliphatic rings. The molecule has 1 atom stereocenters. The predicted octanol–water partition coefficient (Wildman–Crippen LogP) is 1.82. The van der Waals surface area contributed by atoms with Crippen molar-refractivity contribution in [1.82, 2.24) is 15.1 Å². The van der Waals surface area contributed by atoms with Gasteiger partial charge in [0, 0.05) is 20.1 Å². The number of hydrogen-bond donors (Lipinski definition) is 1. The highest BCUT2D eigenvalue weighted by Crippen LogP contribution is 2.31. The number of nitrogens with one attached hydrogen (secondary N) is 1. The van der Waals surface area contributed by atoms with Crippen LogP contribution in [0.15, 0.2) is 23.2 Å². The molecule has 1 unspecified atom stereocenters. The first-order valence-corrected chi connectivity index (χ1v) is 7.44.